The van der Waals surface area contributed by atoms with Crippen molar-refractivity contribution >= 4 is 5.97 Å². The zero-order chi connectivity index (χ0) is 16.3. The second-order valence-corrected chi connectivity index (χ2v) is 5.22. The largest absolute Gasteiger partial charge is 0.466 e. The highest BCUT2D eigenvalue weighted by molar-refractivity contribution is 5.69. The van der Waals surface area contributed by atoms with Crippen molar-refractivity contribution in [2.24, 2.45) is 0 Å². The number of hydrogen-bond donors (Lipinski definition) is 0. The molecular formula is C17H34O5. The minimum absolute atomic E-state index is 0.125. The summed E-state index contributed by atoms with van der Waals surface area (Å²) < 4.78 is 21.3. The van der Waals surface area contributed by atoms with Crippen LogP contribution in [0.4, 0.5) is 0 Å². The highest BCUT2D eigenvalue weighted by Crippen LogP contribution is 1.98. The molecule has 0 unspecified atom stereocenters. The van der Waals surface area contributed by atoms with Gasteiger partial charge in [-0.05, 0) is 19.3 Å². The molecular weight excluding hydrogens is 284 g/mol. The SMILES string of the molecule is CCCCCOC(=O)CCCOCCOCCOCCCC. The van der Waals surface area contributed by atoms with Crippen LogP contribution in [0.5, 0.6) is 0 Å². The van der Waals surface area contributed by atoms with Gasteiger partial charge in [0.2, 0.25) is 0 Å². The summed E-state index contributed by atoms with van der Waals surface area (Å²) in [5.74, 6) is -0.125. The van der Waals surface area contributed by atoms with Crippen LogP contribution in [0.15, 0.2) is 0 Å². The van der Waals surface area contributed by atoms with Gasteiger partial charge in [0.25, 0.3) is 0 Å². The molecule has 0 rings (SSSR count). The zero-order valence-corrected chi connectivity index (χ0v) is 14.4. The van der Waals surface area contributed by atoms with Gasteiger partial charge < -0.3 is 18.9 Å². The van der Waals surface area contributed by atoms with Crippen LogP contribution in [-0.2, 0) is 23.7 Å². The molecule has 0 bridgehead atoms. The molecule has 0 atom stereocenters. The van der Waals surface area contributed by atoms with Crippen LogP contribution in [0.25, 0.3) is 0 Å². The summed E-state index contributed by atoms with van der Waals surface area (Å²) in [6.45, 7) is 8.57. The predicted octanol–water partition coefficient (Wildman–Crippen LogP) is 3.35. The van der Waals surface area contributed by atoms with Gasteiger partial charge in [0.05, 0.1) is 33.0 Å². The van der Waals surface area contributed by atoms with Crippen molar-refractivity contribution in [1.82, 2.24) is 0 Å². The molecule has 0 fully saturated rings. The van der Waals surface area contributed by atoms with Crippen molar-refractivity contribution < 1.29 is 23.7 Å². The molecule has 5 heteroatoms. The molecule has 0 aliphatic rings. The third-order valence-corrected chi connectivity index (χ3v) is 3.07. The summed E-state index contributed by atoms with van der Waals surface area (Å²) in [4.78, 5) is 11.4. The van der Waals surface area contributed by atoms with Gasteiger partial charge in [-0.3, -0.25) is 4.79 Å². The van der Waals surface area contributed by atoms with Crippen molar-refractivity contribution in [2.75, 3.05) is 46.2 Å². The first kappa shape index (κ1) is 21.4. The number of rotatable bonds is 17. The van der Waals surface area contributed by atoms with Crippen LogP contribution in [0.1, 0.15) is 58.8 Å². The van der Waals surface area contributed by atoms with Gasteiger partial charge in [-0.1, -0.05) is 33.1 Å². The molecule has 0 aliphatic carbocycles. The standard InChI is InChI=1S/C17H34O5/c1-3-5-7-12-22-17(18)9-8-11-20-14-16-21-15-13-19-10-6-4-2/h3-16H2,1-2H3. The van der Waals surface area contributed by atoms with E-state index in [0.717, 1.165) is 38.7 Å². The topological polar surface area (TPSA) is 54.0 Å². The van der Waals surface area contributed by atoms with Gasteiger partial charge in [-0.25, -0.2) is 0 Å². The summed E-state index contributed by atoms with van der Waals surface area (Å²) in [6, 6.07) is 0. The molecule has 0 radical (unpaired) electrons. The van der Waals surface area contributed by atoms with Crippen molar-refractivity contribution in [3.05, 3.63) is 0 Å². The van der Waals surface area contributed by atoms with Gasteiger partial charge in [-0.2, -0.15) is 0 Å². The minimum Gasteiger partial charge on any atom is -0.466 e. The van der Waals surface area contributed by atoms with E-state index in [2.05, 4.69) is 13.8 Å². The molecule has 5 nitrogen and oxygen atoms in total. The Bertz CT molecular complexity index is 233. The molecule has 0 aromatic heterocycles. The second-order valence-electron chi connectivity index (χ2n) is 5.22. The van der Waals surface area contributed by atoms with E-state index in [9.17, 15) is 4.79 Å². The Kier molecular flexibility index (Phi) is 17.9. The van der Waals surface area contributed by atoms with E-state index in [1.165, 1.54) is 0 Å². The normalized spacial score (nSPS) is 10.8. The Morgan fingerprint density at radius 1 is 0.636 bits per heavy atom. The van der Waals surface area contributed by atoms with Crippen LogP contribution in [0, 0.1) is 0 Å². The highest BCUT2D eigenvalue weighted by atomic mass is 16.5. The summed E-state index contributed by atoms with van der Waals surface area (Å²) in [5, 5.41) is 0. The van der Waals surface area contributed by atoms with Crippen LogP contribution >= 0.6 is 0 Å². The zero-order valence-electron chi connectivity index (χ0n) is 14.4. The Morgan fingerprint density at radius 2 is 1.18 bits per heavy atom. The van der Waals surface area contributed by atoms with E-state index in [1.807, 2.05) is 0 Å². The van der Waals surface area contributed by atoms with Crippen LogP contribution < -0.4 is 0 Å². The Balaban J connectivity index is 3.08. The molecule has 0 aliphatic heterocycles. The summed E-state index contributed by atoms with van der Waals surface area (Å²) >= 11 is 0. The molecule has 0 saturated heterocycles. The fourth-order valence-corrected chi connectivity index (χ4v) is 1.72. The first-order chi connectivity index (χ1) is 10.8. The van der Waals surface area contributed by atoms with Crippen LogP contribution in [0.2, 0.25) is 0 Å². The van der Waals surface area contributed by atoms with Gasteiger partial charge in [0.15, 0.2) is 0 Å². The molecule has 0 N–H and O–H groups in total. The molecule has 0 amide bonds. The van der Waals surface area contributed by atoms with Gasteiger partial charge >= 0.3 is 5.97 Å². The summed E-state index contributed by atoms with van der Waals surface area (Å²) in [7, 11) is 0. The molecule has 0 heterocycles. The second kappa shape index (κ2) is 18.4. The fraction of sp³-hybridized carbons (Fsp3) is 0.941. The van der Waals surface area contributed by atoms with E-state index >= 15 is 0 Å². The Hall–Kier alpha value is -0.650. The van der Waals surface area contributed by atoms with E-state index in [0.29, 0.717) is 52.5 Å². The number of unbranched alkanes of at least 4 members (excludes halogenated alkanes) is 3. The number of ether oxygens (including phenoxy) is 4. The third-order valence-electron chi connectivity index (χ3n) is 3.07. The van der Waals surface area contributed by atoms with E-state index < -0.39 is 0 Å². The highest BCUT2D eigenvalue weighted by Gasteiger charge is 2.02. The smallest absolute Gasteiger partial charge is 0.305 e. The number of esters is 1. The Morgan fingerprint density at radius 3 is 1.77 bits per heavy atom. The number of carbonyl (C=O) groups is 1. The first-order valence-corrected chi connectivity index (χ1v) is 8.70. The van der Waals surface area contributed by atoms with Crippen molar-refractivity contribution in [3.63, 3.8) is 0 Å². The van der Waals surface area contributed by atoms with Crippen molar-refractivity contribution in [1.29, 1.82) is 0 Å². The lowest BCUT2D eigenvalue weighted by atomic mass is 10.3. The van der Waals surface area contributed by atoms with E-state index in [-0.39, 0.29) is 5.97 Å². The molecule has 0 saturated carbocycles. The van der Waals surface area contributed by atoms with Gasteiger partial charge in [0.1, 0.15) is 0 Å². The van der Waals surface area contributed by atoms with Gasteiger partial charge in [0, 0.05) is 19.6 Å². The van der Waals surface area contributed by atoms with Gasteiger partial charge in [-0.15, -0.1) is 0 Å². The summed E-state index contributed by atoms with van der Waals surface area (Å²) in [5.41, 5.74) is 0. The summed E-state index contributed by atoms with van der Waals surface area (Å²) in [6.07, 6.45) is 6.59. The van der Waals surface area contributed by atoms with Crippen LogP contribution in [-0.4, -0.2) is 52.2 Å². The van der Waals surface area contributed by atoms with E-state index in [1.54, 1.807) is 0 Å². The van der Waals surface area contributed by atoms with E-state index in [4.69, 9.17) is 18.9 Å². The monoisotopic (exact) mass is 318 g/mol. The lowest BCUT2D eigenvalue weighted by molar-refractivity contribution is -0.144. The maximum absolute atomic E-state index is 11.4. The lowest BCUT2D eigenvalue weighted by Crippen LogP contribution is -2.11. The minimum atomic E-state index is -0.125. The average Bonchev–Trinajstić information content (AvgIpc) is 2.52. The fourth-order valence-electron chi connectivity index (χ4n) is 1.72. The average molecular weight is 318 g/mol. The molecule has 22 heavy (non-hydrogen) atoms. The first-order valence-electron chi connectivity index (χ1n) is 8.70. The Labute approximate surface area is 135 Å². The lowest BCUT2D eigenvalue weighted by Gasteiger charge is -2.07. The molecule has 0 aromatic rings. The molecule has 0 spiro atoms. The number of carbonyl (C=O) groups excluding carboxylic acids is 1. The number of hydrogen-bond acceptors (Lipinski definition) is 5. The van der Waals surface area contributed by atoms with Crippen molar-refractivity contribution in [3.8, 4) is 0 Å². The maximum Gasteiger partial charge on any atom is 0.305 e. The van der Waals surface area contributed by atoms with Crippen LogP contribution in [0.3, 0.4) is 0 Å². The maximum atomic E-state index is 11.4. The molecule has 132 valence electrons. The predicted molar refractivity (Wildman–Crippen MR) is 87.1 cm³/mol. The molecule has 0 aromatic carbocycles. The quantitative estimate of drug-likeness (QED) is 0.304. The van der Waals surface area contributed by atoms with Crippen molar-refractivity contribution in [2.45, 2.75) is 58.8 Å². The third kappa shape index (κ3) is 17.4.